The van der Waals surface area contributed by atoms with Gasteiger partial charge in [0, 0.05) is 0 Å². The fraction of sp³-hybridized carbons (Fsp3) is 0.571. The highest BCUT2D eigenvalue weighted by Gasteiger charge is 2.18. The minimum absolute atomic E-state index is 0.464. The summed E-state index contributed by atoms with van der Waals surface area (Å²) in [6, 6.07) is 0. The highest BCUT2D eigenvalue weighted by atomic mass is 16.5. The Morgan fingerprint density at radius 3 is 0.897 bits per heavy atom. The molecule has 0 saturated heterocycles. The Morgan fingerprint density at radius 1 is 0.462 bits per heavy atom. The van der Waals surface area contributed by atoms with Crippen LogP contribution in [0.25, 0.3) is 0 Å². The van der Waals surface area contributed by atoms with Gasteiger partial charge in [0.15, 0.2) is 0 Å². The van der Waals surface area contributed by atoms with Crippen LogP contribution in [0.2, 0.25) is 0 Å². The van der Waals surface area contributed by atoms with Crippen LogP contribution in [0, 0.1) is 0 Å². The van der Waals surface area contributed by atoms with E-state index in [1.165, 1.54) is 0 Å². The average molecular weight is 561 g/mol. The predicted octanol–water partition coefficient (Wildman–Crippen LogP) is -2.60. The summed E-state index contributed by atoms with van der Waals surface area (Å²) in [5.41, 5.74) is -3.49. The Bertz CT molecular complexity index is 1070. The van der Waals surface area contributed by atoms with Crippen molar-refractivity contribution in [3.63, 3.8) is 0 Å². The Hall–Kier alpha value is -4.77. The number of aliphatic carboxylic acids is 3. The second-order valence-corrected chi connectivity index (χ2v) is 7.65. The van der Waals surface area contributed by atoms with E-state index in [1.807, 2.05) is 0 Å². The molecule has 0 aliphatic carbocycles. The van der Waals surface area contributed by atoms with Crippen LogP contribution in [0.15, 0.2) is 14.4 Å². The van der Waals surface area contributed by atoms with Crippen LogP contribution in [0.3, 0.4) is 0 Å². The molecular weight excluding hydrogens is 534 g/mol. The van der Waals surface area contributed by atoms with E-state index in [2.05, 4.69) is 0 Å². The van der Waals surface area contributed by atoms with Gasteiger partial charge in [-0.15, -0.1) is 0 Å². The summed E-state index contributed by atoms with van der Waals surface area (Å²) in [4.78, 5) is 105. The lowest BCUT2D eigenvalue weighted by molar-refractivity contribution is -0.148. The largest absolute Gasteiger partial charge is 0.481 e. The van der Waals surface area contributed by atoms with Gasteiger partial charge in [-0.05, 0) is 0 Å². The fourth-order valence-corrected chi connectivity index (χ4v) is 2.85. The van der Waals surface area contributed by atoms with E-state index in [-0.39, 0.29) is 0 Å². The number of nitrogens with zero attached hydrogens (tertiary/aromatic N) is 3. The first-order valence-corrected chi connectivity index (χ1v) is 11.4. The molecular formula is C21H27N3O15. The molecule has 216 valence electrons. The molecule has 18 nitrogen and oxygen atoms in total. The van der Waals surface area contributed by atoms with Gasteiger partial charge in [-0.1, -0.05) is 0 Å². The third-order valence-corrected chi connectivity index (χ3v) is 4.75. The maximum atomic E-state index is 12.8. The van der Waals surface area contributed by atoms with E-state index in [0.717, 1.165) is 0 Å². The van der Waals surface area contributed by atoms with Gasteiger partial charge >= 0.3 is 52.9 Å². The number of hydrogen-bond donors (Lipinski definition) is 3. The summed E-state index contributed by atoms with van der Waals surface area (Å²) < 4.78 is 16.0. The summed E-state index contributed by atoms with van der Waals surface area (Å²) >= 11 is 0. The molecule has 1 heterocycles. The molecule has 18 heteroatoms. The van der Waals surface area contributed by atoms with E-state index < -0.39 is 131 Å². The zero-order chi connectivity index (χ0) is 29.5. The lowest BCUT2D eigenvalue weighted by atomic mass is 10.3. The number of esters is 3. The molecule has 0 amide bonds. The highest BCUT2D eigenvalue weighted by molar-refractivity contribution is 5.77. The number of ether oxygens (including phenoxy) is 3. The summed E-state index contributed by atoms with van der Waals surface area (Å²) in [5, 5.41) is 25.8. The molecule has 0 aliphatic heterocycles. The Balaban J connectivity index is 3.08. The van der Waals surface area contributed by atoms with Gasteiger partial charge in [0.1, 0.15) is 19.8 Å². The minimum Gasteiger partial charge on any atom is -0.481 e. The average Bonchev–Trinajstić information content (AvgIpc) is 2.86. The first-order valence-electron chi connectivity index (χ1n) is 11.4. The number of aromatic nitrogens is 3. The molecule has 0 aromatic carbocycles. The van der Waals surface area contributed by atoms with E-state index >= 15 is 0 Å². The molecule has 0 atom stereocenters. The Morgan fingerprint density at radius 2 is 0.692 bits per heavy atom. The van der Waals surface area contributed by atoms with Crippen LogP contribution in [0.1, 0.15) is 38.5 Å². The van der Waals surface area contributed by atoms with Crippen molar-refractivity contribution in [1.82, 2.24) is 13.7 Å². The van der Waals surface area contributed by atoms with Crippen LogP contribution >= 0.6 is 0 Å². The van der Waals surface area contributed by atoms with Crippen molar-refractivity contribution < 1.29 is 58.3 Å². The summed E-state index contributed by atoms with van der Waals surface area (Å²) in [5.74, 6) is -6.48. The SMILES string of the molecule is O=C(O)CCC(=O)OCCn1c(=O)n(CCOC(=O)CCC(=O)O)c(=O)n(CCOC(=O)CCC(=O)O)c1=O. The van der Waals surface area contributed by atoms with Gasteiger partial charge in [0.25, 0.3) is 0 Å². The van der Waals surface area contributed by atoms with Crippen LogP contribution < -0.4 is 17.1 Å². The number of hydrogen-bond acceptors (Lipinski definition) is 12. The summed E-state index contributed by atoms with van der Waals surface area (Å²) in [6.07, 6.45) is -2.91. The van der Waals surface area contributed by atoms with E-state index in [0.29, 0.717) is 13.7 Å². The summed E-state index contributed by atoms with van der Waals surface area (Å²) in [6.45, 7) is -3.27. The number of carboxylic acid groups (broad SMARTS) is 3. The first kappa shape index (κ1) is 32.3. The number of rotatable bonds is 18. The van der Waals surface area contributed by atoms with Gasteiger partial charge < -0.3 is 29.5 Å². The van der Waals surface area contributed by atoms with Crippen molar-refractivity contribution in [3.05, 3.63) is 31.5 Å². The zero-order valence-electron chi connectivity index (χ0n) is 20.6. The summed E-state index contributed by atoms with van der Waals surface area (Å²) in [7, 11) is 0. The van der Waals surface area contributed by atoms with Crippen molar-refractivity contribution in [2.75, 3.05) is 19.8 Å². The molecule has 0 unspecified atom stereocenters. The molecule has 1 aromatic heterocycles. The molecule has 0 bridgehead atoms. The standard InChI is InChI=1S/C21H27N3O15/c25-13(26)1-4-16(31)37-10-7-22-19(34)23(8-11-38-17(32)5-2-14(27)28)21(36)24(20(22)35)9-12-39-18(33)6-3-15(29)30/h1-12H2,(H,25,26)(H,27,28)(H,29,30). The van der Waals surface area contributed by atoms with Crippen molar-refractivity contribution >= 4 is 35.8 Å². The van der Waals surface area contributed by atoms with Gasteiger partial charge in [-0.25, -0.2) is 28.1 Å². The van der Waals surface area contributed by atoms with Crippen molar-refractivity contribution in [2.24, 2.45) is 0 Å². The Labute approximate surface area is 217 Å². The first-order chi connectivity index (χ1) is 18.3. The maximum Gasteiger partial charge on any atom is 0.336 e. The van der Waals surface area contributed by atoms with Crippen LogP contribution in [0.5, 0.6) is 0 Å². The van der Waals surface area contributed by atoms with Crippen molar-refractivity contribution in [1.29, 1.82) is 0 Å². The molecule has 39 heavy (non-hydrogen) atoms. The second-order valence-electron chi connectivity index (χ2n) is 7.65. The van der Waals surface area contributed by atoms with Gasteiger partial charge in [0.2, 0.25) is 0 Å². The Kier molecular flexibility index (Phi) is 13.4. The zero-order valence-corrected chi connectivity index (χ0v) is 20.6. The topological polar surface area (TPSA) is 257 Å². The molecule has 0 fully saturated rings. The number of carbonyl (C=O) groups excluding carboxylic acids is 3. The van der Waals surface area contributed by atoms with E-state index in [9.17, 15) is 43.2 Å². The molecule has 0 saturated carbocycles. The van der Waals surface area contributed by atoms with Gasteiger partial charge in [0.05, 0.1) is 58.2 Å². The molecule has 0 radical (unpaired) electrons. The third kappa shape index (κ3) is 11.9. The highest BCUT2D eigenvalue weighted by Crippen LogP contribution is 1.95. The van der Waals surface area contributed by atoms with E-state index in [1.54, 1.807) is 0 Å². The number of carbonyl (C=O) groups is 6. The van der Waals surface area contributed by atoms with Gasteiger partial charge in [-0.3, -0.25) is 28.8 Å². The predicted molar refractivity (Wildman–Crippen MR) is 123 cm³/mol. The number of carboxylic acids is 3. The molecule has 3 N–H and O–H groups in total. The third-order valence-electron chi connectivity index (χ3n) is 4.75. The monoisotopic (exact) mass is 561 g/mol. The fourth-order valence-electron chi connectivity index (χ4n) is 2.85. The molecule has 1 rings (SSSR count). The lowest BCUT2D eigenvalue weighted by Gasteiger charge is -2.14. The van der Waals surface area contributed by atoms with Gasteiger partial charge in [-0.2, -0.15) is 0 Å². The molecule has 1 aromatic rings. The van der Waals surface area contributed by atoms with Crippen molar-refractivity contribution in [2.45, 2.75) is 58.2 Å². The van der Waals surface area contributed by atoms with E-state index in [4.69, 9.17) is 29.5 Å². The second kappa shape index (κ2) is 16.2. The molecule has 0 aliphatic rings. The smallest absolute Gasteiger partial charge is 0.336 e. The van der Waals surface area contributed by atoms with Crippen LogP contribution in [-0.4, -0.2) is 84.7 Å². The van der Waals surface area contributed by atoms with Crippen molar-refractivity contribution in [3.8, 4) is 0 Å². The van der Waals surface area contributed by atoms with Crippen LogP contribution in [0.4, 0.5) is 0 Å². The lowest BCUT2D eigenvalue weighted by Crippen LogP contribution is -2.55. The van der Waals surface area contributed by atoms with Crippen LogP contribution in [-0.2, 0) is 62.6 Å². The maximum absolute atomic E-state index is 12.8. The quantitative estimate of drug-likeness (QED) is 0.123. The minimum atomic E-state index is -1.24. The molecule has 0 spiro atoms. The normalized spacial score (nSPS) is 10.5.